The zero-order valence-electron chi connectivity index (χ0n) is 31.8. The summed E-state index contributed by atoms with van der Waals surface area (Å²) in [5, 5.41) is 3.01. The van der Waals surface area contributed by atoms with E-state index in [2.05, 4.69) is 220 Å². The molecule has 0 aromatic heterocycles. The fraction of sp³-hybridized carbons (Fsp3) is 0.0943. The molecule has 0 radical (unpaired) electrons. The highest BCUT2D eigenvalue weighted by Gasteiger charge is 2.43. The zero-order valence-corrected chi connectivity index (χ0v) is 32.8. The Morgan fingerprint density at radius 1 is 0.400 bits per heavy atom. The van der Waals surface area contributed by atoms with Crippen LogP contribution in [0.25, 0.3) is 55.6 Å². The molecule has 0 saturated heterocycles. The van der Waals surface area contributed by atoms with E-state index in [-0.39, 0.29) is 5.41 Å². The Balaban J connectivity index is 1.32. The van der Waals surface area contributed by atoms with Crippen molar-refractivity contribution in [2.75, 3.05) is 4.90 Å². The van der Waals surface area contributed by atoms with Gasteiger partial charge in [0.2, 0.25) is 0 Å². The third-order valence-electron chi connectivity index (χ3n) is 12.2. The van der Waals surface area contributed by atoms with Crippen LogP contribution in [-0.2, 0) is 5.41 Å². The normalized spacial score (nSPS) is 14.1. The first kappa shape index (κ1) is 33.4. The predicted molar refractivity (Wildman–Crippen MR) is 237 cm³/mol. The lowest BCUT2D eigenvalue weighted by atomic mass is 9.81. The number of anilines is 3. The van der Waals surface area contributed by atoms with Gasteiger partial charge in [0.15, 0.2) is 0 Å². The average Bonchev–Trinajstić information content (AvgIpc) is 3.62. The lowest BCUT2D eigenvalue weighted by Crippen LogP contribution is -2.50. The lowest BCUT2D eigenvalue weighted by molar-refractivity contribution is 0.661. The van der Waals surface area contributed by atoms with Crippen LogP contribution in [0.3, 0.4) is 0 Å². The third kappa shape index (κ3) is 5.12. The largest absolute Gasteiger partial charge is 0.310 e. The first-order valence-corrected chi connectivity index (χ1v) is 22.5. The molecule has 0 saturated carbocycles. The molecular formula is C53H43NSi. The Morgan fingerprint density at radius 3 is 1.69 bits per heavy atom. The van der Waals surface area contributed by atoms with Crippen molar-refractivity contribution < 1.29 is 0 Å². The van der Waals surface area contributed by atoms with Crippen molar-refractivity contribution in [1.29, 1.82) is 0 Å². The molecule has 1 nitrogen and oxygen atoms in total. The van der Waals surface area contributed by atoms with Crippen molar-refractivity contribution >= 4 is 35.5 Å². The molecule has 0 bridgehead atoms. The fourth-order valence-corrected chi connectivity index (χ4v) is 13.2. The van der Waals surface area contributed by atoms with Crippen LogP contribution in [0.5, 0.6) is 0 Å². The maximum atomic E-state index is 2.66. The first-order valence-electron chi connectivity index (χ1n) is 19.5. The zero-order chi connectivity index (χ0) is 37.3. The van der Waals surface area contributed by atoms with Gasteiger partial charge in [-0.05, 0) is 95.8 Å². The van der Waals surface area contributed by atoms with E-state index in [9.17, 15) is 0 Å². The summed E-state index contributed by atoms with van der Waals surface area (Å²) in [5.74, 6) is 0. The second-order valence-corrected chi connectivity index (χ2v) is 20.4. The lowest BCUT2D eigenvalue weighted by Gasteiger charge is -2.36. The quantitative estimate of drug-likeness (QED) is 0.155. The summed E-state index contributed by atoms with van der Waals surface area (Å²) >= 11 is 0. The van der Waals surface area contributed by atoms with E-state index in [4.69, 9.17) is 0 Å². The number of benzene rings is 8. The fourth-order valence-electron chi connectivity index (χ4n) is 9.77. The minimum absolute atomic E-state index is 0.209. The van der Waals surface area contributed by atoms with E-state index in [1.54, 1.807) is 0 Å². The molecule has 8 aromatic carbocycles. The maximum absolute atomic E-state index is 2.66. The molecule has 1 aliphatic heterocycles. The summed E-state index contributed by atoms with van der Waals surface area (Å²) in [6.45, 7) is 9.90. The van der Waals surface area contributed by atoms with Gasteiger partial charge in [0.05, 0.1) is 11.4 Å². The highest BCUT2D eigenvalue weighted by atomic mass is 28.3. The molecule has 0 spiro atoms. The van der Waals surface area contributed by atoms with Crippen LogP contribution >= 0.6 is 0 Å². The molecule has 0 N–H and O–H groups in total. The van der Waals surface area contributed by atoms with E-state index < -0.39 is 8.07 Å². The van der Waals surface area contributed by atoms with Gasteiger partial charge < -0.3 is 4.90 Å². The van der Waals surface area contributed by atoms with E-state index in [0.717, 1.165) is 0 Å². The average molecular weight is 722 g/mol. The molecule has 0 fully saturated rings. The first-order chi connectivity index (χ1) is 26.8. The van der Waals surface area contributed by atoms with E-state index in [0.29, 0.717) is 0 Å². The SMILES string of the molecule is CC1(C)c2ccccc2-c2cccc(N(c3cccc(-c4ccccc4)c3-c3cccc(-c4ccccc4)c3)c3cccc4c3[Si](C)(C)c3ccccc3-4)c21. The van der Waals surface area contributed by atoms with Gasteiger partial charge in [0, 0.05) is 16.7 Å². The van der Waals surface area contributed by atoms with Gasteiger partial charge >= 0.3 is 0 Å². The van der Waals surface area contributed by atoms with Gasteiger partial charge in [-0.25, -0.2) is 0 Å². The molecule has 2 heteroatoms. The standard InChI is InChI=1S/C53H43NSi/c1-53(2)45-30-13-11-25-41(45)43-28-17-32-47(51(43)53)54(48-33-18-29-44-42-26-12-14-34-49(42)55(3,4)52(44)48)46-31-16-27-40(37-21-9-6-10-22-37)50(46)39-24-15-23-38(35-39)36-19-7-5-8-20-36/h5-35H,1-4H3. The Hall–Kier alpha value is -6.22. The minimum atomic E-state index is -2.15. The van der Waals surface area contributed by atoms with Crippen LogP contribution < -0.4 is 15.3 Å². The molecule has 0 atom stereocenters. The molecule has 55 heavy (non-hydrogen) atoms. The maximum Gasteiger partial charge on any atom is 0.116 e. The van der Waals surface area contributed by atoms with Crippen LogP contribution in [-0.4, -0.2) is 8.07 Å². The molecule has 8 aromatic rings. The van der Waals surface area contributed by atoms with Crippen molar-refractivity contribution in [3.8, 4) is 55.6 Å². The molecule has 1 aliphatic carbocycles. The topological polar surface area (TPSA) is 3.24 Å². The van der Waals surface area contributed by atoms with E-state index in [1.807, 2.05) is 0 Å². The van der Waals surface area contributed by atoms with Gasteiger partial charge in [0.1, 0.15) is 8.07 Å². The molecule has 0 amide bonds. The molecule has 10 rings (SSSR count). The van der Waals surface area contributed by atoms with Crippen LogP contribution in [0.1, 0.15) is 25.0 Å². The number of nitrogens with zero attached hydrogens (tertiary/aromatic N) is 1. The number of rotatable bonds is 6. The Labute approximate surface area is 326 Å². The monoisotopic (exact) mass is 721 g/mol. The van der Waals surface area contributed by atoms with Crippen LogP contribution in [0.15, 0.2) is 188 Å². The molecule has 2 aliphatic rings. The number of hydrogen-bond donors (Lipinski definition) is 0. The Bertz CT molecular complexity index is 2650. The van der Waals surface area contributed by atoms with E-state index >= 15 is 0 Å². The smallest absolute Gasteiger partial charge is 0.116 e. The van der Waals surface area contributed by atoms with Crippen LogP contribution in [0.2, 0.25) is 13.1 Å². The van der Waals surface area contributed by atoms with Crippen molar-refractivity contribution in [2.24, 2.45) is 0 Å². The summed E-state index contributed by atoms with van der Waals surface area (Å²) in [5.41, 5.74) is 18.9. The summed E-state index contributed by atoms with van der Waals surface area (Å²) in [7, 11) is -2.15. The molecule has 1 heterocycles. The summed E-state index contributed by atoms with van der Waals surface area (Å²) in [4.78, 5) is 2.66. The Morgan fingerprint density at radius 2 is 0.927 bits per heavy atom. The van der Waals surface area contributed by atoms with Crippen molar-refractivity contribution in [3.05, 3.63) is 199 Å². The van der Waals surface area contributed by atoms with Gasteiger partial charge in [0.25, 0.3) is 0 Å². The number of hydrogen-bond acceptors (Lipinski definition) is 1. The number of fused-ring (bicyclic) bond motifs is 6. The Kier molecular flexibility index (Phi) is 7.69. The second kappa shape index (κ2) is 12.7. The van der Waals surface area contributed by atoms with Gasteiger partial charge in [-0.2, -0.15) is 0 Å². The molecule has 264 valence electrons. The van der Waals surface area contributed by atoms with Crippen LogP contribution in [0.4, 0.5) is 17.1 Å². The molecular weight excluding hydrogens is 679 g/mol. The summed E-state index contributed by atoms with van der Waals surface area (Å²) < 4.78 is 0. The van der Waals surface area contributed by atoms with E-state index in [1.165, 1.54) is 94.2 Å². The van der Waals surface area contributed by atoms with Gasteiger partial charge in [-0.3, -0.25) is 0 Å². The van der Waals surface area contributed by atoms with Crippen molar-refractivity contribution in [2.45, 2.75) is 32.4 Å². The third-order valence-corrected chi connectivity index (χ3v) is 15.8. The minimum Gasteiger partial charge on any atom is -0.310 e. The predicted octanol–water partition coefficient (Wildman–Crippen LogP) is 13.3. The van der Waals surface area contributed by atoms with Crippen LogP contribution in [0, 0.1) is 0 Å². The summed E-state index contributed by atoms with van der Waals surface area (Å²) in [6, 6.07) is 69.9. The van der Waals surface area contributed by atoms with Crippen molar-refractivity contribution in [3.63, 3.8) is 0 Å². The summed E-state index contributed by atoms with van der Waals surface area (Å²) in [6.07, 6.45) is 0. The second-order valence-electron chi connectivity index (χ2n) is 16.1. The van der Waals surface area contributed by atoms with Gasteiger partial charge in [-0.1, -0.05) is 191 Å². The van der Waals surface area contributed by atoms with Crippen molar-refractivity contribution in [1.82, 2.24) is 0 Å². The van der Waals surface area contributed by atoms with Gasteiger partial charge in [-0.15, -0.1) is 0 Å². The molecule has 0 unspecified atom stereocenters. The highest BCUT2D eigenvalue weighted by molar-refractivity contribution is 7.04. The highest BCUT2D eigenvalue weighted by Crippen LogP contribution is 2.56.